The molecule has 0 aliphatic rings. The minimum atomic E-state index is -0.376. The van der Waals surface area contributed by atoms with Crippen LogP contribution in [0.5, 0.6) is 11.5 Å². The summed E-state index contributed by atoms with van der Waals surface area (Å²) in [5, 5.41) is 0. The maximum absolute atomic E-state index is 11.0. The minimum absolute atomic E-state index is 0.376. The lowest BCUT2D eigenvalue weighted by atomic mass is 10.1. The molecule has 0 heterocycles. The van der Waals surface area contributed by atoms with Crippen molar-refractivity contribution in [1.29, 1.82) is 0 Å². The van der Waals surface area contributed by atoms with Crippen molar-refractivity contribution < 1.29 is 19.0 Å². The monoisotopic (exact) mass is 312 g/mol. The average molecular weight is 312 g/mol. The van der Waals surface area contributed by atoms with Crippen LogP contribution < -0.4 is 9.47 Å². The molecule has 2 rings (SSSR count). The first-order valence-electron chi connectivity index (χ1n) is 7.25. The van der Waals surface area contributed by atoms with Crippen molar-refractivity contribution in [2.75, 3.05) is 14.2 Å². The molecule has 0 radical (unpaired) electrons. The zero-order valence-electron chi connectivity index (χ0n) is 13.5. The Hall–Kier alpha value is -2.75. The third kappa shape index (κ3) is 4.88. The molecule has 0 aliphatic carbocycles. The van der Waals surface area contributed by atoms with Crippen molar-refractivity contribution in [2.24, 2.45) is 0 Å². The molecule has 4 heteroatoms. The van der Waals surface area contributed by atoms with E-state index in [1.807, 2.05) is 49.4 Å². The van der Waals surface area contributed by atoms with Gasteiger partial charge in [-0.2, -0.15) is 0 Å². The number of esters is 1. The summed E-state index contributed by atoms with van der Waals surface area (Å²) in [5.41, 5.74) is 3.04. The fraction of sp³-hybridized carbons (Fsp3) is 0.211. The van der Waals surface area contributed by atoms with Crippen LogP contribution in [0.15, 0.2) is 48.5 Å². The lowest BCUT2D eigenvalue weighted by Crippen LogP contribution is -1.97. The van der Waals surface area contributed by atoms with Gasteiger partial charge in [-0.3, -0.25) is 0 Å². The summed E-state index contributed by atoms with van der Waals surface area (Å²) in [6.07, 6.45) is 3.08. The van der Waals surface area contributed by atoms with Crippen LogP contribution in [-0.2, 0) is 16.1 Å². The molecule has 0 fully saturated rings. The molecule has 0 atom stereocenters. The van der Waals surface area contributed by atoms with Gasteiger partial charge in [0.2, 0.25) is 0 Å². The molecule has 120 valence electrons. The molecule has 4 nitrogen and oxygen atoms in total. The van der Waals surface area contributed by atoms with Crippen LogP contribution in [-0.4, -0.2) is 20.2 Å². The van der Waals surface area contributed by atoms with E-state index in [1.54, 1.807) is 13.2 Å². The SMILES string of the molecule is COC(=O)/C=C/c1ccc(OCc2ccc(C)c(OC)c2)cc1. The highest BCUT2D eigenvalue weighted by Crippen LogP contribution is 2.21. The number of benzene rings is 2. The second kappa shape index (κ2) is 8.03. The van der Waals surface area contributed by atoms with E-state index in [2.05, 4.69) is 4.74 Å². The molecule has 0 aromatic heterocycles. The molecule has 0 aliphatic heterocycles. The maximum Gasteiger partial charge on any atom is 0.330 e. The normalized spacial score (nSPS) is 10.6. The minimum Gasteiger partial charge on any atom is -0.496 e. The predicted octanol–water partition coefficient (Wildman–Crippen LogP) is 3.77. The molecule has 0 bridgehead atoms. The fourth-order valence-electron chi connectivity index (χ4n) is 2.03. The molecule has 0 saturated carbocycles. The van der Waals surface area contributed by atoms with Crippen molar-refractivity contribution in [3.05, 3.63) is 65.2 Å². The van der Waals surface area contributed by atoms with E-state index >= 15 is 0 Å². The van der Waals surface area contributed by atoms with E-state index in [0.29, 0.717) is 6.61 Å². The van der Waals surface area contributed by atoms with Crippen molar-refractivity contribution in [2.45, 2.75) is 13.5 Å². The third-order valence-corrected chi connectivity index (χ3v) is 3.37. The second-order valence-corrected chi connectivity index (χ2v) is 5.02. The molecule has 0 unspecified atom stereocenters. The number of carbonyl (C=O) groups is 1. The number of rotatable bonds is 6. The Bertz CT molecular complexity index is 687. The van der Waals surface area contributed by atoms with Gasteiger partial charge in [-0.25, -0.2) is 4.79 Å². The van der Waals surface area contributed by atoms with Crippen molar-refractivity contribution in [3.8, 4) is 11.5 Å². The number of carbonyl (C=O) groups excluding carboxylic acids is 1. The summed E-state index contributed by atoms with van der Waals surface area (Å²) in [5.74, 6) is 1.24. The summed E-state index contributed by atoms with van der Waals surface area (Å²) in [7, 11) is 3.01. The molecule has 0 amide bonds. The quantitative estimate of drug-likeness (QED) is 0.601. The summed E-state index contributed by atoms with van der Waals surface area (Å²) in [6.45, 7) is 2.47. The summed E-state index contributed by atoms with van der Waals surface area (Å²) >= 11 is 0. The Balaban J connectivity index is 1.96. The van der Waals surface area contributed by atoms with Crippen molar-refractivity contribution in [3.63, 3.8) is 0 Å². The number of methoxy groups -OCH3 is 2. The van der Waals surface area contributed by atoms with Gasteiger partial charge in [0, 0.05) is 6.08 Å². The smallest absolute Gasteiger partial charge is 0.330 e. The van der Waals surface area contributed by atoms with E-state index < -0.39 is 0 Å². The summed E-state index contributed by atoms with van der Waals surface area (Å²) in [6, 6.07) is 13.5. The van der Waals surface area contributed by atoms with Crippen LogP contribution in [0.1, 0.15) is 16.7 Å². The Morgan fingerprint density at radius 2 is 1.83 bits per heavy atom. The highest BCUT2D eigenvalue weighted by Gasteiger charge is 2.02. The van der Waals surface area contributed by atoms with Gasteiger partial charge in [0.25, 0.3) is 0 Å². The first kappa shape index (κ1) is 16.6. The Morgan fingerprint density at radius 1 is 1.09 bits per heavy atom. The van der Waals surface area contributed by atoms with Gasteiger partial charge in [-0.1, -0.05) is 24.3 Å². The Morgan fingerprint density at radius 3 is 2.48 bits per heavy atom. The molecule has 0 saturated heterocycles. The lowest BCUT2D eigenvalue weighted by Gasteiger charge is -2.09. The van der Waals surface area contributed by atoms with Crippen LogP contribution in [0.3, 0.4) is 0 Å². The number of aryl methyl sites for hydroxylation is 1. The molecular weight excluding hydrogens is 292 g/mol. The second-order valence-electron chi connectivity index (χ2n) is 5.02. The zero-order valence-corrected chi connectivity index (χ0v) is 13.5. The van der Waals surface area contributed by atoms with Gasteiger partial charge in [0.1, 0.15) is 18.1 Å². The highest BCUT2D eigenvalue weighted by atomic mass is 16.5. The first-order chi connectivity index (χ1) is 11.1. The topological polar surface area (TPSA) is 44.8 Å². The molecule has 0 spiro atoms. The van der Waals surface area contributed by atoms with Gasteiger partial charge >= 0.3 is 5.97 Å². The largest absolute Gasteiger partial charge is 0.496 e. The van der Waals surface area contributed by atoms with E-state index in [4.69, 9.17) is 9.47 Å². The molecule has 2 aromatic carbocycles. The number of hydrogen-bond acceptors (Lipinski definition) is 4. The standard InChI is InChI=1S/C19H20O4/c1-14-4-5-16(12-18(14)21-2)13-23-17-9-6-15(7-10-17)8-11-19(20)22-3/h4-12H,13H2,1-3H3/b11-8+. The summed E-state index contributed by atoms with van der Waals surface area (Å²) in [4.78, 5) is 11.0. The molecule has 0 N–H and O–H groups in total. The Labute approximate surface area is 136 Å². The zero-order chi connectivity index (χ0) is 16.7. The number of ether oxygens (including phenoxy) is 3. The molecule has 23 heavy (non-hydrogen) atoms. The van der Waals surface area contributed by atoms with E-state index in [1.165, 1.54) is 13.2 Å². The van der Waals surface area contributed by atoms with Gasteiger partial charge < -0.3 is 14.2 Å². The predicted molar refractivity (Wildman–Crippen MR) is 89.6 cm³/mol. The van der Waals surface area contributed by atoms with Gasteiger partial charge in [0.15, 0.2) is 0 Å². The van der Waals surface area contributed by atoms with E-state index in [-0.39, 0.29) is 5.97 Å². The van der Waals surface area contributed by atoms with Crippen LogP contribution in [0.4, 0.5) is 0 Å². The summed E-state index contributed by atoms with van der Waals surface area (Å²) < 4.78 is 15.6. The number of hydrogen-bond donors (Lipinski definition) is 0. The lowest BCUT2D eigenvalue weighted by molar-refractivity contribution is -0.134. The third-order valence-electron chi connectivity index (χ3n) is 3.37. The van der Waals surface area contributed by atoms with Gasteiger partial charge in [-0.05, 0) is 47.9 Å². The maximum atomic E-state index is 11.0. The van der Waals surface area contributed by atoms with Gasteiger partial charge in [-0.15, -0.1) is 0 Å². The molecular formula is C19H20O4. The van der Waals surface area contributed by atoms with Crippen molar-refractivity contribution in [1.82, 2.24) is 0 Å². The highest BCUT2D eigenvalue weighted by molar-refractivity contribution is 5.86. The van der Waals surface area contributed by atoms with Crippen LogP contribution in [0.2, 0.25) is 0 Å². The fourth-order valence-corrected chi connectivity index (χ4v) is 2.03. The van der Waals surface area contributed by atoms with Crippen LogP contribution in [0, 0.1) is 6.92 Å². The van der Waals surface area contributed by atoms with Crippen LogP contribution >= 0.6 is 0 Å². The van der Waals surface area contributed by atoms with Gasteiger partial charge in [0.05, 0.1) is 14.2 Å². The first-order valence-corrected chi connectivity index (χ1v) is 7.25. The Kier molecular flexibility index (Phi) is 5.80. The van der Waals surface area contributed by atoms with E-state index in [9.17, 15) is 4.79 Å². The van der Waals surface area contributed by atoms with Crippen molar-refractivity contribution >= 4 is 12.0 Å². The molecule has 2 aromatic rings. The average Bonchev–Trinajstić information content (AvgIpc) is 2.59. The van der Waals surface area contributed by atoms with E-state index in [0.717, 1.165) is 28.2 Å². The van der Waals surface area contributed by atoms with Crippen LogP contribution in [0.25, 0.3) is 6.08 Å².